The number of hydrogen-bond acceptors (Lipinski definition) is 4. The Balaban J connectivity index is 1.27. The van der Waals surface area contributed by atoms with Crippen LogP contribution < -0.4 is 5.32 Å². The van der Waals surface area contributed by atoms with Gasteiger partial charge in [0.05, 0.1) is 24.0 Å². The van der Waals surface area contributed by atoms with Crippen molar-refractivity contribution in [3.05, 3.63) is 71.7 Å². The molecule has 0 radical (unpaired) electrons. The summed E-state index contributed by atoms with van der Waals surface area (Å²) in [4.78, 5) is 19.8. The minimum atomic E-state index is -0.0541. The van der Waals surface area contributed by atoms with Crippen molar-refractivity contribution in [3.63, 3.8) is 0 Å². The zero-order valence-corrected chi connectivity index (χ0v) is 15.9. The summed E-state index contributed by atoms with van der Waals surface area (Å²) in [5, 5.41) is 3.22. The van der Waals surface area contributed by atoms with E-state index in [1.54, 1.807) is 0 Å². The Bertz CT molecular complexity index is 1000. The van der Waals surface area contributed by atoms with Crippen molar-refractivity contribution < 1.29 is 9.53 Å². The second-order valence-corrected chi connectivity index (χ2v) is 7.78. The SMILES string of the molecule is Cc1cn2cccc(C(=O)N[C@H]3C[C@H]4CO[C@@H](c5ccccc5)CN4C3)c2n1. The Morgan fingerprint density at radius 2 is 2.04 bits per heavy atom. The summed E-state index contributed by atoms with van der Waals surface area (Å²) >= 11 is 0. The number of amides is 1. The minimum absolute atomic E-state index is 0.0541. The number of rotatable bonds is 3. The van der Waals surface area contributed by atoms with Gasteiger partial charge in [-0.15, -0.1) is 0 Å². The molecule has 0 spiro atoms. The number of fused-ring (bicyclic) bond motifs is 2. The van der Waals surface area contributed by atoms with Gasteiger partial charge in [-0.05, 0) is 31.0 Å². The zero-order chi connectivity index (χ0) is 19.1. The van der Waals surface area contributed by atoms with Crippen molar-refractivity contribution >= 4 is 11.6 Å². The van der Waals surface area contributed by atoms with E-state index in [1.165, 1.54) is 5.56 Å². The van der Waals surface area contributed by atoms with Gasteiger partial charge >= 0.3 is 0 Å². The van der Waals surface area contributed by atoms with E-state index in [2.05, 4.69) is 39.5 Å². The van der Waals surface area contributed by atoms with Crippen LogP contribution in [0.2, 0.25) is 0 Å². The van der Waals surface area contributed by atoms with E-state index in [0.29, 0.717) is 23.9 Å². The van der Waals surface area contributed by atoms with Crippen LogP contribution in [0.3, 0.4) is 0 Å². The Kier molecular flexibility index (Phi) is 4.37. The highest BCUT2D eigenvalue weighted by Crippen LogP contribution is 2.30. The fourth-order valence-corrected chi connectivity index (χ4v) is 4.42. The molecule has 4 heterocycles. The van der Waals surface area contributed by atoms with Crippen molar-refractivity contribution in [3.8, 4) is 0 Å². The normalized spacial score (nSPS) is 25.0. The van der Waals surface area contributed by atoms with Crippen LogP contribution in [0.5, 0.6) is 0 Å². The number of carbonyl (C=O) groups is 1. The molecule has 1 aromatic carbocycles. The van der Waals surface area contributed by atoms with Crippen molar-refractivity contribution in [1.29, 1.82) is 0 Å². The van der Waals surface area contributed by atoms with Crippen LogP contribution in [0.4, 0.5) is 0 Å². The maximum atomic E-state index is 12.9. The third-order valence-corrected chi connectivity index (χ3v) is 5.77. The Hall–Kier alpha value is -2.70. The number of nitrogens with one attached hydrogen (secondary N) is 1. The largest absolute Gasteiger partial charge is 0.371 e. The van der Waals surface area contributed by atoms with Crippen molar-refractivity contribution in [2.75, 3.05) is 19.7 Å². The van der Waals surface area contributed by atoms with E-state index >= 15 is 0 Å². The van der Waals surface area contributed by atoms with Gasteiger partial charge in [0.15, 0.2) is 0 Å². The zero-order valence-electron chi connectivity index (χ0n) is 15.9. The highest BCUT2D eigenvalue weighted by Gasteiger charge is 2.38. The number of imidazole rings is 1. The maximum absolute atomic E-state index is 12.9. The molecule has 1 amide bonds. The Labute approximate surface area is 164 Å². The van der Waals surface area contributed by atoms with Gasteiger partial charge in [-0.2, -0.15) is 0 Å². The van der Waals surface area contributed by atoms with E-state index < -0.39 is 0 Å². The molecule has 2 aliphatic rings. The highest BCUT2D eigenvalue weighted by molar-refractivity contribution is 6.00. The Morgan fingerprint density at radius 3 is 2.89 bits per heavy atom. The monoisotopic (exact) mass is 376 g/mol. The molecule has 144 valence electrons. The molecule has 6 heteroatoms. The first-order valence-electron chi connectivity index (χ1n) is 9.83. The molecule has 0 aliphatic carbocycles. The lowest BCUT2D eigenvalue weighted by molar-refractivity contribution is -0.0502. The summed E-state index contributed by atoms with van der Waals surface area (Å²) < 4.78 is 8.01. The van der Waals surface area contributed by atoms with E-state index in [0.717, 1.165) is 25.2 Å². The average Bonchev–Trinajstić information content (AvgIpc) is 3.29. The van der Waals surface area contributed by atoms with Crippen LogP contribution in [0.25, 0.3) is 5.65 Å². The van der Waals surface area contributed by atoms with Crippen LogP contribution in [-0.2, 0) is 4.74 Å². The maximum Gasteiger partial charge on any atom is 0.255 e. The predicted octanol–water partition coefficient (Wildman–Crippen LogP) is 2.59. The molecule has 0 saturated carbocycles. The average molecular weight is 376 g/mol. The van der Waals surface area contributed by atoms with Gasteiger partial charge in [0.2, 0.25) is 0 Å². The standard InChI is InChI=1S/C22H24N4O2/c1-15-11-25-9-5-8-19(21(25)23-15)22(27)24-17-10-18-14-28-20(13-26(18)12-17)16-6-3-2-4-7-16/h2-9,11,17-18,20H,10,12-14H2,1H3,(H,24,27)/t17-,18-,20+/m0/s1. The third kappa shape index (κ3) is 3.19. The molecule has 2 aromatic heterocycles. The van der Waals surface area contributed by atoms with Crippen LogP contribution in [0.1, 0.15) is 34.1 Å². The number of hydrogen-bond donors (Lipinski definition) is 1. The van der Waals surface area contributed by atoms with Gasteiger partial charge in [-0.1, -0.05) is 30.3 Å². The molecule has 3 atom stereocenters. The number of benzene rings is 1. The molecule has 5 rings (SSSR count). The fraction of sp³-hybridized carbons (Fsp3) is 0.364. The molecular formula is C22H24N4O2. The second kappa shape index (κ2) is 7.04. The van der Waals surface area contributed by atoms with Crippen LogP contribution in [-0.4, -0.2) is 52.0 Å². The van der Waals surface area contributed by atoms with Crippen LogP contribution in [0.15, 0.2) is 54.9 Å². The van der Waals surface area contributed by atoms with Crippen molar-refractivity contribution in [1.82, 2.24) is 19.6 Å². The topological polar surface area (TPSA) is 58.9 Å². The molecule has 2 fully saturated rings. The lowest BCUT2D eigenvalue weighted by atomic mass is 10.1. The molecular weight excluding hydrogens is 352 g/mol. The smallest absolute Gasteiger partial charge is 0.255 e. The number of morpholine rings is 1. The minimum Gasteiger partial charge on any atom is -0.371 e. The molecule has 6 nitrogen and oxygen atoms in total. The highest BCUT2D eigenvalue weighted by atomic mass is 16.5. The number of nitrogens with zero attached hydrogens (tertiary/aromatic N) is 3. The van der Waals surface area contributed by atoms with Crippen molar-refractivity contribution in [2.24, 2.45) is 0 Å². The van der Waals surface area contributed by atoms with E-state index in [-0.39, 0.29) is 18.1 Å². The van der Waals surface area contributed by atoms with E-state index in [1.807, 2.05) is 41.9 Å². The van der Waals surface area contributed by atoms with Gasteiger partial charge < -0.3 is 14.5 Å². The fourth-order valence-electron chi connectivity index (χ4n) is 4.42. The van der Waals surface area contributed by atoms with Gasteiger partial charge in [-0.25, -0.2) is 4.98 Å². The molecule has 28 heavy (non-hydrogen) atoms. The lowest BCUT2D eigenvalue weighted by Gasteiger charge is -2.35. The molecule has 0 unspecified atom stereocenters. The first-order chi connectivity index (χ1) is 13.7. The summed E-state index contributed by atoms with van der Waals surface area (Å²) in [5.74, 6) is -0.0541. The number of aryl methyl sites for hydroxylation is 1. The van der Waals surface area contributed by atoms with Crippen molar-refractivity contribution in [2.45, 2.75) is 31.5 Å². The first kappa shape index (κ1) is 17.4. The van der Waals surface area contributed by atoms with Gasteiger partial charge in [0, 0.05) is 37.6 Å². The quantitative estimate of drug-likeness (QED) is 0.763. The van der Waals surface area contributed by atoms with E-state index in [4.69, 9.17) is 4.74 Å². The number of pyridine rings is 1. The lowest BCUT2D eigenvalue weighted by Crippen LogP contribution is -2.43. The molecule has 0 bridgehead atoms. The molecule has 2 saturated heterocycles. The summed E-state index contributed by atoms with van der Waals surface area (Å²) in [6.07, 6.45) is 4.88. The second-order valence-electron chi connectivity index (χ2n) is 7.78. The van der Waals surface area contributed by atoms with Gasteiger partial charge in [0.1, 0.15) is 5.65 Å². The van der Waals surface area contributed by atoms with Crippen LogP contribution in [0, 0.1) is 6.92 Å². The first-order valence-corrected chi connectivity index (χ1v) is 9.83. The number of carbonyl (C=O) groups excluding carboxylic acids is 1. The van der Waals surface area contributed by atoms with Gasteiger partial charge in [-0.3, -0.25) is 9.69 Å². The Morgan fingerprint density at radius 1 is 1.18 bits per heavy atom. The van der Waals surface area contributed by atoms with Crippen LogP contribution >= 0.6 is 0 Å². The van der Waals surface area contributed by atoms with Gasteiger partial charge in [0.25, 0.3) is 5.91 Å². The molecule has 3 aromatic rings. The summed E-state index contributed by atoms with van der Waals surface area (Å²) in [6, 6.07) is 14.6. The summed E-state index contributed by atoms with van der Waals surface area (Å²) in [5.41, 5.74) is 3.46. The summed E-state index contributed by atoms with van der Waals surface area (Å²) in [7, 11) is 0. The molecule has 1 N–H and O–H groups in total. The number of ether oxygens (including phenoxy) is 1. The van der Waals surface area contributed by atoms with E-state index in [9.17, 15) is 4.79 Å². The predicted molar refractivity (Wildman–Crippen MR) is 106 cm³/mol. The summed E-state index contributed by atoms with van der Waals surface area (Å²) in [6.45, 7) is 4.38. The molecule has 2 aliphatic heterocycles. The number of aromatic nitrogens is 2. The third-order valence-electron chi connectivity index (χ3n) is 5.77.